The van der Waals surface area contributed by atoms with Crippen LogP contribution in [-0.2, 0) is 0 Å². The molecule has 0 radical (unpaired) electrons. The van der Waals surface area contributed by atoms with Crippen molar-refractivity contribution in [2.24, 2.45) is 5.92 Å². The van der Waals surface area contributed by atoms with Crippen LogP contribution < -0.4 is 10.1 Å². The number of ether oxygens (including phenoxy) is 1. The molecule has 3 aliphatic rings. The zero-order valence-corrected chi connectivity index (χ0v) is 15.9. The number of alkyl halides is 3. The Morgan fingerprint density at radius 1 is 1.30 bits per heavy atom. The van der Waals surface area contributed by atoms with Gasteiger partial charge in [0.25, 0.3) is 5.91 Å². The number of nitrogens with zero attached hydrogens (tertiary/aromatic N) is 1. The van der Waals surface area contributed by atoms with Crippen LogP contribution in [0.5, 0.6) is 5.75 Å². The monoisotopic (exact) mass is 398 g/mol. The van der Waals surface area contributed by atoms with E-state index in [2.05, 4.69) is 28.8 Å². The molecule has 4 nitrogen and oxygen atoms in total. The number of nitrogens with one attached hydrogen (secondary N) is 1. The molecule has 0 aliphatic carbocycles. The van der Waals surface area contributed by atoms with Gasteiger partial charge < -0.3 is 10.1 Å². The summed E-state index contributed by atoms with van der Waals surface area (Å²) in [7, 11) is 0. The predicted molar refractivity (Wildman–Crippen MR) is 98.1 cm³/mol. The molecule has 8 heteroatoms. The van der Waals surface area contributed by atoms with Gasteiger partial charge in [-0.1, -0.05) is 12.1 Å². The second-order valence-electron chi connectivity index (χ2n) is 7.76. The maximum absolute atomic E-state index is 12.9. The number of hydrogen-bond donors (Lipinski definition) is 1. The summed E-state index contributed by atoms with van der Waals surface area (Å²) >= 11 is 1.03. The smallest absolute Gasteiger partial charge is 0.404 e. The summed E-state index contributed by atoms with van der Waals surface area (Å²) < 4.78 is 42.3. The number of piperidine rings is 3. The number of fused-ring (bicyclic) bond motifs is 4. The molecule has 2 aromatic rings. The molecule has 0 saturated carbocycles. The van der Waals surface area contributed by atoms with E-state index in [-0.39, 0.29) is 23.2 Å². The summed E-state index contributed by atoms with van der Waals surface area (Å²) in [6.45, 7) is 6.38. The van der Waals surface area contributed by atoms with Crippen LogP contribution in [0.2, 0.25) is 0 Å². The number of benzene rings is 1. The first kappa shape index (κ1) is 18.6. The largest absolute Gasteiger partial charge is 0.573 e. The van der Waals surface area contributed by atoms with Crippen LogP contribution in [0.3, 0.4) is 0 Å². The maximum Gasteiger partial charge on any atom is 0.573 e. The fourth-order valence-electron chi connectivity index (χ4n) is 4.44. The van der Waals surface area contributed by atoms with E-state index in [9.17, 15) is 18.0 Å². The van der Waals surface area contributed by atoms with Crippen molar-refractivity contribution in [3.63, 3.8) is 0 Å². The Kier molecular flexibility index (Phi) is 4.38. The van der Waals surface area contributed by atoms with Crippen LogP contribution in [0, 0.1) is 5.92 Å². The molecule has 5 rings (SSSR count). The Hall–Kier alpha value is -1.80. The molecule has 1 atom stereocenters. The fraction of sp³-hybridized carbons (Fsp3) is 0.526. The Labute approximate surface area is 159 Å². The Bertz CT molecular complexity index is 869. The SMILES string of the molecule is CC1(C)[C@@H](NC(=O)c2cc3cccc(OC(F)(F)F)c3s2)C2CCN1CC2. The van der Waals surface area contributed by atoms with Crippen molar-refractivity contribution >= 4 is 27.3 Å². The van der Waals surface area contributed by atoms with Gasteiger partial charge in [-0.15, -0.1) is 24.5 Å². The molecule has 1 N–H and O–H groups in total. The molecular weight excluding hydrogens is 377 g/mol. The van der Waals surface area contributed by atoms with E-state index in [1.807, 2.05) is 0 Å². The number of rotatable bonds is 3. The average Bonchev–Trinajstić information content (AvgIpc) is 3.02. The van der Waals surface area contributed by atoms with Gasteiger partial charge in [-0.2, -0.15) is 0 Å². The third-order valence-electron chi connectivity index (χ3n) is 5.83. The van der Waals surface area contributed by atoms with Gasteiger partial charge in [-0.05, 0) is 63.2 Å². The van der Waals surface area contributed by atoms with Crippen molar-refractivity contribution < 1.29 is 22.7 Å². The molecule has 1 aromatic heterocycles. The predicted octanol–water partition coefficient (Wildman–Crippen LogP) is 4.40. The Morgan fingerprint density at radius 3 is 2.63 bits per heavy atom. The molecule has 1 aromatic carbocycles. The van der Waals surface area contributed by atoms with Crippen LogP contribution in [0.1, 0.15) is 36.4 Å². The lowest BCUT2D eigenvalue weighted by molar-refractivity contribution is -0.274. The first-order chi connectivity index (χ1) is 12.6. The summed E-state index contributed by atoms with van der Waals surface area (Å²) in [5, 5.41) is 3.72. The number of carbonyl (C=O) groups excluding carboxylic acids is 1. The molecule has 3 aliphatic heterocycles. The van der Waals surface area contributed by atoms with E-state index in [4.69, 9.17) is 0 Å². The first-order valence-electron chi connectivity index (χ1n) is 8.99. The van der Waals surface area contributed by atoms with Gasteiger partial charge in [-0.25, -0.2) is 0 Å². The van der Waals surface area contributed by atoms with Crippen LogP contribution in [0.25, 0.3) is 10.1 Å². The summed E-state index contributed by atoms with van der Waals surface area (Å²) in [5.41, 5.74) is -0.127. The topological polar surface area (TPSA) is 41.6 Å². The van der Waals surface area contributed by atoms with Crippen LogP contribution in [0.15, 0.2) is 24.3 Å². The Balaban J connectivity index is 1.59. The highest BCUT2D eigenvalue weighted by Gasteiger charge is 2.48. The lowest BCUT2D eigenvalue weighted by atomic mass is 9.72. The number of hydrogen-bond acceptors (Lipinski definition) is 4. The van der Waals surface area contributed by atoms with Gasteiger partial charge >= 0.3 is 6.36 Å². The van der Waals surface area contributed by atoms with E-state index < -0.39 is 6.36 Å². The van der Waals surface area contributed by atoms with Gasteiger partial charge in [0, 0.05) is 11.6 Å². The molecule has 2 bridgehead atoms. The fourth-order valence-corrected chi connectivity index (χ4v) is 5.46. The minimum atomic E-state index is -4.76. The Morgan fingerprint density at radius 2 is 2.00 bits per heavy atom. The molecule has 27 heavy (non-hydrogen) atoms. The molecule has 1 amide bonds. The normalized spacial score (nSPS) is 26.9. The van der Waals surface area contributed by atoms with Crippen molar-refractivity contribution in [1.82, 2.24) is 10.2 Å². The lowest BCUT2D eigenvalue weighted by Crippen LogP contribution is -2.69. The minimum Gasteiger partial charge on any atom is -0.404 e. The minimum absolute atomic E-state index is 0.0311. The first-order valence-corrected chi connectivity index (χ1v) is 9.81. The standard InChI is InChI=1S/C19H21F3N2O2S/c1-18(2)16(11-6-8-24(18)9-7-11)23-17(25)14-10-12-4-3-5-13(15(12)27-14)26-19(20,21)22/h3-5,10-11,16H,6-9H2,1-2H3,(H,23,25)/t16-/m0/s1. The van der Waals surface area contributed by atoms with Gasteiger partial charge in [0.2, 0.25) is 0 Å². The third kappa shape index (κ3) is 3.40. The number of amides is 1. The molecule has 3 fully saturated rings. The maximum atomic E-state index is 12.9. The van der Waals surface area contributed by atoms with E-state index >= 15 is 0 Å². The summed E-state index contributed by atoms with van der Waals surface area (Å²) in [6.07, 6.45) is -2.64. The highest BCUT2D eigenvalue weighted by atomic mass is 32.1. The summed E-state index contributed by atoms with van der Waals surface area (Å²) in [4.78, 5) is 15.7. The molecule has 0 unspecified atom stereocenters. The zero-order valence-electron chi connectivity index (χ0n) is 15.1. The highest BCUT2D eigenvalue weighted by Crippen LogP contribution is 2.40. The van der Waals surface area contributed by atoms with E-state index in [1.54, 1.807) is 12.1 Å². The van der Waals surface area contributed by atoms with Gasteiger partial charge in [0.05, 0.1) is 9.58 Å². The van der Waals surface area contributed by atoms with Crippen LogP contribution in [-0.4, -0.2) is 41.8 Å². The van der Waals surface area contributed by atoms with Crippen molar-refractivity contribution in [1.29, 1.82) is 0 Å². The molecule has 3 saturated heterocycles. The van der Waals surface area contributed by atoms with E-state index in [1.165, 1.54) is 12.1 Å². The van der Waals surface area contributed by atoms with E-state index in [0.717, 1.165) is 37.3 Å². The molecule has 0 spiro atoms. The summed E-state index contributed by atoms with van der Waals surface area (Å²) in [5.74, 6) is -0.0688. The summed E-state index contributed by atoms with van der Waals surface area (Å²) in [6, 6.07) is 6.11. The molecule has 146 valence electrons. The number of thiophene rings is 1. The lowest BCUT2D eigenvalue weighted by Gasteiger charge is -2.56. The van der Waals surface area contributed by atoms with Crippen LogP contribution in [0.4, 0.5) is 13.2 Å². The van der Waals surface area contributed by atoms with Gasteiger partial charge in [0.1, 0.15) is 5.75 Å². The van der Waals surface area contributed by atoms with Crippen molar-refractivity contribution in [2.45, 2.75) is 44.6 Å². The quantitative estimate of drug-likeness (QED) is 0.833. The van der Waals surface area contributed by atoms with Crippen molar-refractivity contribution in [3.8, 4) is 5.75 Å². The van der Waals surface area contributed by atoms with Crippen molar-refractivity contribution in [3.05, 3.63) is 29.1 Å². The highest BCUT2D eigenvalue weighted by molar-refractivity contribution is 7.21. The number of halogens is 3. The number of carbonyl (C=O) groups is 1. The third-order valence-corrected chi connectivity index (χ3v) is 7.00. The van der Waals surface area contributed by atoms with E-state index in [0.29, 0.717) is 20.9 Å². The van der Waals surface area contributed by atoms with Gasteiger partial charge in [-0.3, -0.25) is 9.69 Å². The molecular formula is C19H21F3N2O2S. The van der Waals surface area contributed by atoms with Gasteiger partial charge in [0.15, 0.2) is 0 Å². The second kappa shape index (κ2) is 6.38. The molecule has 4 heterocycles. The van der Waals surface area contributed by atoms with Crippen molar-refractivity contribution in [2.75, 3.05) is 13.1 Å². The van der Waals surface area contributed by atoms with Crippen LogP contribution >= 0.6 is 11.3 Å². The zero-order chi connectivity index (χ0) is 19.4. The second-order valence-corrected chi connectivity index (χ2v) is 8.81. The average molecular weight is 398 g/mol.